The topological polar surface area (TPSA) is 61.1 Å². The summed E-state index contributed by atoms with van der Waals surface area (Å²) in [4.78, 5) is 11.8. The van der Waals surface area contributed by atoms with Gasteiger partial charge >= 0.3 is 0 Å². The zero-order valence-corrected chi connectivity index (χ0v) is 10.1. The quantitative estimate of drug-likeness (QED) is 0.727. The fourth-order valence-electron chi connectivity index (χ4n) is 1.81. The van der Waals surface area contributed by atoms with Crippen molar-refractivity contribution in [1.82, 2.24) is 8.77 Å². The van der Waals surface area contributed by atoms with Gasteiger partial charge in [0.05, 0.1) is 17.2 Å². The maximum Gasteiger partial charge on any atom is 0.275 e. The number of fused-ring (bicyclic) bond motifs is 1. The van der Waals surface area contributed by atoms with Crippen molar-refractivity contribution in [1.29, 1.82) is 0 Å². The number of benzene rings is 1. The standard InChI is InChI=1S/C10H12N2O3S/c1-7-4-5-9-8(6-7)10(13)11(2)12(9)16(3,14)15/h4-6H,1-3H3. The molecule has 0 radical (unpaired) electrons. The minimum atomic E-state index is -3.47. The van der Waals surface area contributed by atoms with E-state index in [1.807, 2.05) is 6.92 Å². The molecule has 6 heteroatoms. The molecule has 0 saturated carbocycles. The number of rotatable bonds is 1. The Bertz CT molecular complexity index is 722. The van der Waals surface area contributed by atoms with Gasteiger partial charge in [0, 0.05) is 7.05 Å². The number of hydrogen-bond acceptors (Lipinski definition) is 3. The van der Waals surface area contributed by atoms with E-state index in [0.29, 0.717) is 10.9 Å². The van der Waals surface area contributed by atoms with Crippen molar-refractivity contribution in [2.24, 2.45) is 7.05 Å². The second kappa shape index (κ2) is 3.21. The lowest BCUT2D eigenvalue weighted by atomic mass is 10.2. The van der Waals surface area contributed by atoms with Crippen LogP contribution in [0.25, 0.3) is 10.9 Å². The molecule has 16 heavy (non-hydrogen) atoms. The first-order chi connectivity index (χ1) is 7.32. The molecule has 0 N–H and O–H groups in total. The molecule has 5 nitrogen and oxygen atoms in total. The Labute approximate surface area is 92.9 Å². The molecule has 0 bridgehead atoms. The first kappa shape index (κ1) is 10.9. The molecule has 0 saturated heterocycles. The molecule has 1 heterocycles. The van der Waals surface area contributed by atoms with Crippen LogP contribution in [0.5, 0.6) is 0 Å². The van der Waals surface area contributed by atoms with Crippen molar-refractivity contribution in [2.45, 2.75) is 6.92 Å². The lowest BCUT2D eigenvalue weighted by Crippen LogP contribution is -2.24. The Hall–Kier alpha value is -1.56. The zero-order valence-electron chi connectivity index (χ0n) is 9.26. The lowest BCUT2D eigenvalue weighted by molar-refractivity contribution is 0.568. The van der Waals surface area contributed by atoms with E-state index in [-0.39, 0.29) is 5.56 Å². The van der Waals surface area contributed by atoms with E-state index in [0.717, 1.165) is 20.6 Å². The highest BCUT2D eigenvalue weighted by Crippen LogP contribution is 2.14. The Morgan fingerprint density at radius 1 is 1.25 bits per heavy atom. The van der Waals surface area contributed by atoms with Gasteiger partial charge in [-0.3, -0.25) is 4.79 Å². The van der Waals surface area contributed by atoms with E-state index >= 15 is 0 Å². The van der Waals surface area contributed by atoms with E-state index in [1.165, 1.54) is 7.05 Å². The Morgan fingerprint density at radius 2 is 1.88 bits per heavy atom. The van der Waals surface area contributed by atoms with Crippen molar-refractivity contribution >= 4 is 20.9 Å². The highest BCUT2D eigenvalue weighted by molar-refractivity contribution is 7.89. The van der Waals surface area contributed by atoms with Crippen LogP contribution in [-0.2, 0) is 17.1 Å². The highest BCUT2D eigenvalue weighted by atomic mass is 32.2. The van der Waals surface area contributed by atoms with Crippen molar-refractivity contribution in [3.63, 3.8) is 0 Å². The summed E-state index contributed by atoms with van der Waals surface area (Å²) in [5, 5.41) is 0.424. The van der Waals surface area contributed by atoms with E-state index in [9.17, 15) is 13.2 Å². The molecule has 0 unspecified atom stereocenters. The molecule has 2 aromatic rings. The van der Waals surface area contributed by atoms with Gasteiger partial charge in [-0.05, 0) is 19.1 Å². The van der Waals surface area contributed by atoms with Crippen molar-refractivity contribution in [2.75, 3.05) is 6.26 Å². The Morgan fingerprint density at radius 3 is 2.44 bits per heavy atom. The summed E-state index contributed by atoms with van der Waals surface area (Å²) in [5.74, 6) is 0. The molecule has 0 aliphatic carbocycles. The predicted octanol–water partition coefficient (Wildman–Crippen LogP) is 0.456. The molecule has 0 aliphatic rings. The molecule has 0 spiro atoms. The fraction of sp³-hybridized carbons (Fsp3) is 0.300. The van der Waals surface area contributed by atoms with Crippen LogP contribution in [0.4, 0.5) is 0 Å². The zero-order chi connectivity index (χ0) is 12.1. The molecule has 0 fully saturated rings. The minimum absolute atomic E-state index is 0.302. The van der Waals surface area contributed by atoms with E-state index < -0.39 is 10.0 Å². The third kappa shape index (κ3) is 1.46. The molecule has 1 aromatic carbocycles. The molecular formula is C10H12N2O3S. The maximum absolute atomic E-state index is 11.8. The average Bonchev–Trinajstić information content (AvgIpc) is 2.40. The molecule has 0 atom stereocenters. The third-order valence-corrected chi connectivity index (χ3v) is 3.54. The average molecular weight is 240 g/mol. The normalized spacial score (nSPS) is 12.2. The SMILES string of the molecule is Cc1ccc2c(c1)c(=O)n(C)n2S(C)(=O)=O. The molecule has 0 amide bonds. The molecule has 1 aromatic heterocycles. The summed E-state index contributed by atoms with van der Waals surface area (Å²) in [5.41, 5.74) is 1.04. The second-order valence-corrected chi connectivity index (χ2v) is 5.67. The van der Waals surface area contributed by atoms with Crippen molar-refractivity contribution < 1.29 is 8.42 Å². The van der Waals surface area contributed by atoms with Crippen LogP contribution in [0, 0.1) is 6.92 Å². The number of aromatic nitrogens is 2. The first-order valence-electron chi connectivity index (χ1n) is 4.71. The van der Waals surface area contributed by atoms with E-state index in [4.69, 9.17) is 0 Å². The van der Waals surface area contributed by atoms with Gasteiger partial charge < -0.3 is 0 Å². The minimum Gasteiger partial charge on any atom is -0.267 e. The van der Waals surface area contributed by atoms with Gasteiger partial charge in [0.1, 0.15) is 0 Å². The number of aryl methyl sites for hydroxylation is 1. The van der Waals surface area contributed by atoms with Crippen LogP contribution in [-0.4, -0.2) is 23.4 Å². The molecule has 2 rings (SSSR count). The van der Waals surface area contributed by atoms with Gasteiger partial charge in [-0.2, -0.15) is 4.09 Å². The molecule has 0 aliphatic heterocycles. The second-order valence-electron chi connectivity index (χ2n) is 3.86. The van der Waals surface area contributed by atoms with Crippen molar-refractivity contribution in [3.8, 4) is 0 Å². The maximum atomic E-state index is 11.8. The monoisotopic (exact) mass is 240 g/mol. The van der Waals surface area contributed by atoms with Crippen LogP contribution in [0.1, 0.15) is 5.56 Å². The summed E-state index contributed by atoms with van der Waals surface area (Å²) in [6, 6.07) is 5.12. The van der Waals surface area contributed by atoms with E-state index in [2.05, 4.69) is 0 Å². The lowest BCUT2D eigenvalue weighted by Gasteiger charge is -2.05. The first-order valence-corrected chi connectivity index (χ1v) is 6.56. The van der Waals surface area contributed by atoms with Gasteiger partial charge in [0.25, 0.3) is 5.56 Å². The van der Waals surface area contributed by atoms with Gasteiger partial charge in [0.15, 0.2) is 0 Å². The molecule has 86 valence electrons. The summed E-state index contributed by atoms with van der Waals surface area (Å²) in [6.45, 7) is 1.86. The smallest absolute Gasteiger partial charge is 0.267 e. The van der Waals surface area contributed by atoms with Crippen LogP contribution < -0.4 is 5.56 Å². The largest absolute Gasteiger partial charge is 0.275 e. The van der Waals surface area contributed by atoms with Gasteiger partial charge in [-0.1, -0.05) is 11.6 Å². The summed E-state index contributed by atoms with van der Waals surface area (Å²) in [7, 11) is -2.03. The summed E-state index contributed by atoms with van der Waals surface area (Å²) >= 11 is 0. The fourth-order valence-corrected chi connectivity index (χ4v) is 2.84. The Balaban J connectivity index is 3.08. The van der Waals surface area contributed by atoms with Crippen molar-refractivity contribution in [3.05, 3.63) is 34.1 Å². The van der Waals surface area contributed by atoms with Crippen LogP contribution in [0.15, 0.2) is 23.0 Å². The number of hydrogen-bond donors (Lipinski definition) is 0. The number of nitrogens with zero attached hydrogens (tertiary/aromatic N) is 2. The van der Waals surface area contributed by atoms with Gasteiger partial charge in [-0.25, -0.2) is 13.1 Å². The van der Waals surface area contributed by atoms with Crippen LogP contribution in [0.2, 0.25) is 0 Å². The van der Waals surface area contributed by atoms with Crippen LogP contribution >= 0.6 is 0 Å². The predicted molar refractivity (Wildman–Crippen MR) is 62.2 cm³/mol. The summed E-state index contributed by atoms with van der Waals surface area (Å²) < 4.78 is 25.3. The van der Waals surface area contributed by atoms with Crippen LogP contribution in [0.3, 0.4) is 0 Å². The summed E-state index contributed by atoms with van der Waals surface area (Å²) in [6.07, 6.45) is 1.08. The van der Waals surface area contributed by atoms with Gasteiger partial charge in [0.2, 0.25) is 10.0 Å². The van der Waals surface area contributed by atoms with Gasteiger partial charge in [-0.15, -0.1) is 0 Å². The van der Waals surface area contributed by atoms with E-state index in [1.54, 1.807) is 18.2 Å². The third-order valence-electron chi connectivity index (χ3n) is 2.47. The molecular weight excluding hydrogens is 228 g/mol. The highest BCUT2D eigenvalue weighted by Gasteiger charge is 2.16. The Kier molecular flexibility index (Phi) is 2.20.